The molecule has 0 saturated heterocycles. The van der Waals surface area contributed by atoms with Crippen molar-refractivity contribution in [1.82, 2.24) is 9.71 Å². The van der Waals surface area contributed by atoms with Crippen LogP contribution >= 0.6 is 0 Å². The van der Waals surface area contributed by atoms with Crippen LogP contribution in [0.25, 0.3) is 0 Å². The predicted molar refractivity (Wildman–Crippen MR) is 80.4 cm³/mol. The number of nitrogens with two attached hydrogens (primary N) is 1. The van der Waals surface area contributed by atoms with Crippen molar-refractivity contribution >= 4 is 15.7 Å². The molecule has 0 atom stereocenters. The number of aromatic nitrogens is 1. The first-order chi connectivity index (χ1) is 9.90. The average molecular weight is 307 g/mol. The van der Waals surface area contributed by atoms with Gasteiger partial charge in [-0.3, -0.25) is 0 Å². The molecule has 1 heterocycles. The topological polar surface area (TPSA) is 94.3 Å². The van der Waals surface area contributed by atoms with Crippen LogP contribution in [0, 0.1) is 6.92 Å². The lowest BCUT2D eigenvalue weighted by atomic mass is 10.2. The van der Waals surface area contributed by atoms with Gasteiger partial charge in [0.15, 0.2) is 0 Å². The second kappa shape index (κ2) is 6.11. The van der Waals surface area contributed by atoms with E-state index in [1.54, 1.807) is 37.4 Å². The first kappa shape index (κ1) is 15.3. The zero-order valence-electron chi connectivity index (χ0n) is 11.8. The number of hydrogen-bond acceptors (Lipinski definition) is 5. The van der Waals surface area contributed by atoms with Gasteiger partial charge in [-0.1, -0.05) is 0 Å². The summed E-state index contributed by atoms with van der Waals surface area (Å²) in [5, 5.41) is 0. The molecule has 0 aliphatic heterocycles. The van der Waals surface area contributed by atoms with Crippen molar-refractivity contribution in [1.29, 1.82) is 0 Å². The fourth-order valence-corrected chi connectivity index (χ4v) is 3.02. The van der Waals surface area contributed by atoms with Gasteiger partial charge in [-0.15, -0.1) is 0 Å². The van der Waals surface area contributed by atoms with Gasteiger partial charge in [0.25, 0.3) is 0 Å². The number of rotatable bonds is 5. The zero-order chi connectivity index (χ0) is 15.5. The monoisotopic (exact) mass is 307 g/mol. The van der Waals surface area contributed by atoms with Crippen LogP contribution in [0.15, 0.2) is 41.4 Å². The maximum absolute atomic E-state index is 12.3. The number of anilines is 1. The molecule has 1 aromatic carbocycles. The Kier molecular flexibility index (Phi) is 4.44. The Morgan fingerprint density at radius 3 is 2.71 bits per heavy atom. The molecule has 0 aliphatic carbocycles. The van der Waals surface area contributed by atoms with Crippen LogP contribution in [-0.2, 0) is 16.6 Å². The minimum absolute atomic E-state index is 0.148. The fraction of sp³-hybridized carbons (Fsp3) is 0.214. The van der Waals surface area contributed by atoms with Crippen LogP contribution < -0.4 is 15.2 Å². The molecule has 0 unspecified atom stereocenters. The number of benzene rings is 1. The van der Waals surface area contributed by atoms with Gasteiger partial charge < -0.3 is 10.5 Å². The van der Waals surface area contributed by atoms with E-state index < -0.39 is 10.0 Å². The van der Waals surface area contributed by atoms with Crippen molar-refractivity contribution in [3.8, 4) is 5.88 Å². The SMILES string of the molecule is COc1cc(CNS(=O)(=O)c2cc(C)cc(N)c2)ccn1. The minimum atomic E-state index is -3.61. The van der Waals surface area contributed by atoms with E-state index in [2.05, 4.69) is 9.71 Å². The van der Waals surface area contributed by atoms with Gasteiger partial charge in [-0.25, -0.2) is 18.1 Å². The third-order valence-corrected chi connectivity index (χ3v) is 4.24. The normalized spacial score (nSPS) is 11.3. The van der Waals surface area contributed by atoms with Crippen molar-refractivity contribution in [2.24, 2.45) is 0 Å². The number of aryl methyl sites for hydroxylation is 1. The molecule has 112 valence electrons. The summed E-state index contributed by atoms with van der Waals surface area (Å²) in [6.07, 6.45) is 1.56. The number of ether oxygens (including phenoxy) is 1. The minimum Gasteiger partial charge on any atom is -0.481 e. The van der Waals surface area contributed by atoms with Gasteiger partial charge in [0, 0.05) is 24.5 Å². The van der Waals surface area contributed by atoms with E-state index in [0.29, 0.717) is 11.6 Å². The van der Waals surface area contributed by atoms with Crippen molar-refractivity contribution in [2.45, 2.75) is 18.4 Å². The predicted octanol–water partition coefficient (Wildman–Crippen LogP) is 1.46. The van der Waals surface area contributed by atoms with Crippen molar-refractivity contribution in [2.75, 3.05) is 12.8 Å². The van der Waals surface area contributed by atoms with E-state index in [0.717, 1.165) is 11.1 Å². The van der Waals surface area contributed by atoms with Gasteiger partial charge in [0.1, 0.15) is 0 Å². The van der Waals surface area contributed by atoms with Crippen molar-refractivity contribution in [3.63, 3.8) is 0 Å². The Labute approximate surface area is 124 Å². The number of pyridine rings is 1. The third kappa shape index (κ3) is 3.93. The van der Waals surface area contributed by atoms with Crippen molar-refractivity contribution < 1.29 is 13.2 Å². The van der Waals surface area contributed by atoms with E-state index >= 15 is 0 Å². The van der Waals surface area contributed by atoms with Crippen LogP contribution in [0.3, 0.4) is 0 Å². The lowest BCUT2D eigenvalue weighted by molar-refractivity contribution is 0.397. The van der Waals surface area contributed by atoms with Crippen LogP contribution in [0.1, 0.15) is 11.1 Å². The summed E-state index contributed by atoms with van der Waals surface area (Å²) in [6.45, 7) is 1.94. The van der Waals surface area contributed by atoms with E-state index in [9.17, 15) is 8.42 Å². The fourth-order valence-electron chi connectivity index (χ4n) is 1.87. The van der Waals surface area contributed by atoms with E-state index in [4.69, 9.17) is 10.5 Å². The Hall–Kier alpha value is -2.12. The number of nitrogen functional groups attached to an aromatic ring is 1. The van der Waals surface area contributed by atoms with E-state index in [-0.39, 0.29) is 11.4 Å². The molecule has 1 aromatic heterocycles. The molecular weight excluding hydrogens is 290 g/mol. The maximum Gasteiger partial charge on any atom is 0.240 e. The molecule has 2 aromatic rings. The molecule has 0 aliphatic rings. The molecule has 3 N–H and O–H groups in total. The van der Waals surface area contributed by atoms with Gasteiger partial charge >= 0.3 is 0 Å². The third-order valence-electron chi connectivity index (χ3n) is 2.86. The molecular formula is C14H17N3O3S. The first-order valence-corrected chi connectivity index (χ1v) is 7.75. The lowest BCUT2D eigenvalue weighted by Gasteiger charge is -2.09. The second-order valence-electron chi connectivity index (χ2n) is 4.61. The quantitative estimate of drug-likeness (QED) is 0.816. The Bertz CT molecular complexity index is 725. The molecule has 2 rings (SSSR count). The summed E-state index contributed by atoms with van der Waals surface area (Å²) in [5.74, 6) is 0.437. The second-order valence-corrected chi connectivity index (χ2v) is 6.38. The summed E-state index contributed by atoms with van der Waals surface area (Å²) in [4.78, 5) is 4.12. The highest BCUT2D eigenvalue weighted by molar-refractivity contribution is 7.89. The number of hydrogen-bond donors (Lipinski definition) is 2. The molecule has 6 nitrogen and oxygen atoms in total. The highest BCUT2D eigenvalue weighted by atomic mass is 32.2. The summed E-state index contributed by atoms with van der Waals surface area (Å²) in [7, 11) is -2.11. The van der Waals surface area contributed by atoms with Crippen LogP contribution in [0.5, 0.6) is 5.88 Å². The highest BCUT2D eigenvalue weighted by Gasteiger charge is 2.14. The maximum atomic E-state index is 12.3. The molecule has 0 amide bonds. The Morgan fingerprint density at radius 1 is 1.29 bits per heavy atom. The molecule has 21 heavy (non-hydrogen) atoms. The number of methoxy groups -OCH3 is 1. The summed E-state index contributed by atoms with van der Waals surface area (Å²) in [6, 6.07) is 8.11. The number of nitrogens with one attached hydrogen (secondary N) is 1. The van der Waals surface area contributed by atoms with E-state index in [1.165, 1.54) is 13.2 Å². The highest BCUT2D eigenvalue weighted by Crippen LogP contribution is 2.17. The molecule has 7 heteroatoms. The summed E-state index contributed by atoms with van der Waals surface area (Å²) < 4.78 is 32.0. The largest absolute Gasteiger partial charge is 0.481 e. The Morgan fingerprint density at radius 2 is 2.05 bits per heavy atom. The van der Waals surface area contributed by atoms with Crippen LogP contribution in [-0.4, -0.2) is 20.5 Å². The van der Waals surface area contributed by atoms with Crippen LogP contribution in [0.2, 0.25) is 0 Å². The number of sulfonamides is 1. The van der Waals surface area contributed by atoms with Gasteiger partial charge in [0.05, 0.1) is 12.0 Å². The lowest BCUT2D eigenvalue weighted by Crippen LogP contribution is -2.23. The van der Waals surface area contributed by atoms with Gasteiger partial charge in [-0.05, 0) is 42.3 Å². The average Bonchev–Trinajstić information content (AvgIpc) is 2.44. The number of nitrogens with zero attached hydrogens (tertiary/aromatic N) is 1. The molecule has 0 saturated carbocycles. The molecule has 0 bridgehead atoms. The summed E-state index contributed by atoms with van der Waals surface area (Å²) in [5.41, 5.74) is 7.65. The molecule has 0 fully saturated rings. The van der Waals surface area contributed by atoms with Crippen LogP contribution in [0.4, 0.5) is 5.69 Å². The summed E-state index contributed by atoms with van der Waals surface area (Å²) >= 11 is 0. The molecule has 0 radical (unpaired) electrons. The first-order valence-electron chi connectivity index (χ1n) is 6.26. The van der Waals surface area contributed by atoms with Gasteiger partial charge in [0.2, 0.25) is 15.9 Å². The zero-order valence-corrected chi connectivity index (χ0v) is 12.6. The van der Waals surface area contributed by atoms with Crippen molar-refractivity contribution in [3.05, 3.63) is 47.7 Å². The molecule has 0 spiro atoms. The Balaban J connectivity index is 2.17. The smallest absolute Gasteiger partial charge is 0.240 e. The standard InChI is InChI=1S/C14H17N3O3S/c1-10-5-12(15)8-13(6-10)21(18,19)17-9-11-3-4-16-14(7-11)20-2/h3-8,17H,9,15H2,1-2H3. The van der Waals surface area contributed by atoms with E-state index in [1.807, 2.05) is 0 Å². The van der Waals surface area contributed by atoms with Gasteiger partial charge in [-0.2, -0.15) is 0 Å².